The zero-order chi connectivity index (χ0) is 20.5. The molecule has 1 N–H and O–H groups in total. The molecule has 1 aliphatic rings. The van der Waals surface area contributed by atoms with E-state index < -0.39 is 11.2 Å². The first-order chi connectivity index (χ1) is 13.3. The van der Waals surface area contributed by atoms with Crippen LogP contribution in [-0.4, -0.2) is 51.1 Å². The largest absolute Gasteiger partial charge is 0.350 e. The zero-order valence-electron chi connectivity index (χ0n) is 17.1. The summed E-state index contributed by atoms with van der Waals surface area (Å²) in [6.07, 6.45) is 8.33. The second-order valence-electron chi connectivity index (χ2n) is 8.02. The Morgan fingerprint density at radius 1 is 1.14 bits per heavy atom. The maximum Gasteiger partial charge on any atom is 0.332 e. The van der Waals surface area contributed by atoms with Crippen LogP contribution >= 0.6 is 0 Å². The molecule has 0 aromatic carbocycles. The molecule has 28 heavy (non-hydrogen) atoms. The van der Waals surface area contributed by atoms with Crippen molar-refractivity contribution in [2.45, 2.75) is 44.1 Å². The Morgan fingerprint density at radius 2 is 1.79 bits per heavy atom. The molecule has 0 spiro atoms. The Kier molecular flexibility index (Phi) is 5.69. The standard InChI is InChI=1S/C20H29N5O3/c1-23(2)20(9-7-5-6-8-10-20)13-22-17(26)14-11-15-16(21-12-14)24(3)19(28)25(4)18(15)27/h11-12H,5-10,13H2,1-4H3,(H,22,26). The average Bonchev–Trinajstić information content (AvgIpc) is 2.95. The van der Waals surface area contributed by atoms with Gasteiger partial charge in [-0.25, -0.2) is 9.78 Å². The lowest BCUT2D eigenvalue weighted by Crippen LogP contribution is -2.52. The maximum absolute atomic E-state index is 12.8. The van der Waals surface area contributed by atoms with E-state index in [1.54, 1.807) is 7.05 Å². The number of carbonyl (C=O) groups is 1. The van der Waals surface area contributed by atoms with Crippen LogP contribution in [0.1, 0.15) is 48.9 Å². The molecule has 1 fully saturated rings. The van der Waals surface area contributed by atoms with E-state index in [4.69, 9.17) is 0 Å². The fourth-order valence-electron chi connectivity index (χ4n) is 4.11. The molecular weight excluding hydrogens is 358 g/mol. The van der Waals surface area contributed by atoms with Crippen LogP contribution in [0.5, 0.6) is 0 Å². The van der Waals surface area contributed by atoms with Crippen LogP contribution in [0, 0.1) is 0 Å². The van der Waals surface area contributed by atoms with Gasteiger partial charge in [0.1, 0.15) is 5.65 Å². The first kappa shape index (κ1) is 20.3. The van der Waals surface area contributed by atoms with Crippen molar-refractivity contribution >= 4 is 16.9 Å². The number of nitrogens with zero attached hydrogens (tertiary/aromatic N) is 4. The molecule has 0 saturated heterocycles. The van der Waals surface area contributed by atoms with E-state index in [0.717, 1.165) is 30.3 Å². The van der Waals surface area contributed by atoms with Gasteiger partial charge in [0.2, 0.25) is 0 Å². The number of amides is 1. The van der Waals surface area contributed by atoms with E-state index in [1.165, 1.54) is 36.7 Å². The van der Waals surface area contributed by atoms with Gasteiger partial charge < -0.3 is 10.2 Å². The summed E-state index contributed by atoms with van der Waals surface area (Å²) in [5.41, 5.74) is -0.336. The van der Waals surface area contributed by atoms with Crippen molar-refractivity contribution in [2.24, 2.45) is 14.1 Å². The summed E-state index contributed by atoms with van der Waals surface area (Å²) in [5.74, 6) is -0.254. The summed E-state index contributed by atoms with van der Waals surface area (Å²) in [6.45, 7) is 0.558. The molecular formula is C20H29N5O3. The van der Waals surface area contributed by atoms with Crippen LogP contribution in [0.2, 0.25) is 0 Å². The van der Waals surface area contributed by atoms with Crippen molar-refractivity contribution in [1.82, 2.24) is 24.3 Å². The van der Waals surface area contributed by atoms with E-state index in [-0.39, 0.29) is 22.5 Å². The quantitative estimate of drug-likeness (QED) is 0.791. The third-order valence-electron chi connectivity index (χ3n) is 6.12. The van der Waals surface area contributed by atoms with Crippen LogP contribution in [0.3, 0.4) is 0 Å². The van der Waals surface area contributed by atoms with Gasteiger partial charge in [0, 0.05) is 32.4 Å². The number of pyridine rings is 1. The topological polar surface area (TPSA) is 89.2 Å². The summed E-state index contributed by atoms with van der Waals surface area (Å²) in [7, 11) is 7.12. The second-order valence-corrected chi connectivity index (χ2v) is 8.02. The number of likely N-dealkylation sites (N-methyl/N-ethyl adjacent to an activating group) is 1. The summed E-state index contributed by atoms with van der Waals surface area (Å²) in [6, 6.07) is 1.52. The number of carbonyl (C=O) groups excluding carboxylic acids is 1. The average molecular weight is 387 g/mol. The van der Waals surface area contributed by atoms with Gasteiger partial charge in [-0.3, -0.25) is 18.7 Å². The Bertz CT molecular complexity index is 997. The van der Waals surface area contributed by atoms with Crippen LogP contribution in [0.15, 0.2) is 21.9 Å². The van der Waals surface area contributed by atoms with Gasteiger partial charge in [0.25, 0.3) is 11.5 Å². The number of aryl methyl sites for hydroxylation is 1. The molecule has 2 heterocycles. The number of nitrogens with one attached hydrogen (secondary N) is 1. The molecule has 0 radical (unpaired) electrons. The smallest absolute Gasteiger partial charge is 0.332 e. The molecule has 2 aromatic rings. The molecule has 2 aromatic heterocycles. The highest BCUT2D eigenvalue weighted by Gasteiger charge is 2.33. The molecule has 1 amide bonds. The van der Waals surface area contributed by atoms with Crippen LogP contribution in [0.25, 0.3) is 11.0 Å². The molecule has 1 saturated carbocycles. The zero-order valence-corrected chi connectivity index (χ0v) is 17.1. The van der Waals surface area contributed by atoms with Crippen LogP contribution in [-0.2, 0) is 14.1 Å². The van der Waals surface area contributed by atoms with E-state index >= 15 is 0 Å². The van der Waals surface area contributed by atoms with Gasteiger partial charge in [-0.1, -0.05) is 25.7 Å². The summed E-state index contributed by atoms with van der Waals surface area (Å²) < 4.78 is 2.34. The molecule has 0 aliphatic heterocycles. The molecule has 0 bridgehead atoms. The van der Waals surface area contributed by atoms with Crippen molar-refractivity contribution < 1.29 is 4.79 Å². The number of hydrogen-bond donors (Lipinski definition) is 1. The van der Waals surface area contributed by atoms with E-state index in [2.05, 4.69) is 29.3 Å². The van der Waals surface area contributed by atoms with Crippen LogP contribution < -0.4 is 16.6 Å². The van der Waals surface area contributed by atoms with Gasteiger partial charge in [-0.2, -0.15) is 0 Å². The number of aromatic nitrogens is 3. The first-order valence-electron chi connectivity index (χ1n) is 9.78. The van der Waals surface area contributed by atoms with Gasteiger partial charge >= 0.3 is 5.69 Å². The lowest BCUT2D eigenvalue weighted by atomic mass is 9.88. The van der Waals surface area contributed by atoms with E-state index in [1.807, 2.05) is 0 Å². The third kappa shape index (κ3) is 3.61. The number of rotatable bonds is 4. The van der Waals surface area contributed by atoms with Crippen LogP contribution in [0.4, 0.5) is 0 Å². The lowest BCUT2D eigenvalue weighted by molar-refractivity contribution is 0.0869. The molecule has 3 rings (SSSR count). The summed E-state index contributed by atoms with van der Waals surface area (Å²) in [4.78, 5) is 43.7. The molecule has 8 nitrogen and oxygen atoms in total. The first-order valence-corrected chi connectivity index (χ1v) is 9.78. The van der Waals surface area contributed by atoms with Gasteiger partial charge in [-0.15, -0.1) is 0 Å². The van der Waals surface area contributed by atoms with Gasteiger partial charge in [0.15, 0.2) is 0 Å². The Morgan fingerprint density at radius 3 is 2.39 bits per heavy atom. The normalized spacial score (nSPS) is 16.9. The summed E-state index contributed by atoms with van der Waals surface area (Å²) in [5, 5.41) is 3.30. The Balaban J connectivity index is 1.87. The lowest BCUT2D eigenvalue weighted by Gasteiger charge is -2.39. The molecule has 8 heteroatoms. The van der Waals surface area contributed by atoms with Gasteiger partial charge in [-0.05, 0) is 33.0 Å². The van der Waals surface area contributed by atoms with E-state index in [0.29, 0.717) is 12.1 Å². The monoisotopic (exact) mass is 387 g/mol. The predicted octanol–water partition coefficient (Wildman–Crippen LogP) is 1.02. The number of fused-ring (bicyclic) bond motifs is 1. The highest BCUT2D eigenvalue weighted by molar-refractivity contribution is 5.96. The highest BCUT2D eigenvalue weighted by atomic mass is 16.2. The molecule has 1 aliphatic carbocycles. The Hall–Kier alpha value is -2.48. The van der Waals surface area contributed by atoms with Crippen molar-refractivity contribution in [1.29, 1.82) is 0 Å². The minimum Gasteiger partial charge on any atom is -0.350 e. The minimum absolute atomic E-state index is 0.0452. The maximum atomic E-state index is 12.8. The molecule has 152 valence electrons. The van der Waals surface area contributed by atoms with Crippen molar-refractivity contribution in [3.05, 3.63) is 38.7 Å². The third-order valence-corrected chi connectivity index (χ3v) is 6.12. The number of hydrogen-bond acceptors (Lipinski definition) is 5. The van der Waals surface area contributed by atoms with Crippen molar-refractivity contribution in [2.75, 3.05) is 20.6 Å². The minimum atomic E-state index is -0.450. The summed E-state index contributed by atoms with van der Waals surface area (Å²) >= 11 is 0. The Labute approximate surface area is 164 Å². The second kappa shape index (κ2) is 7.87. The molecule has 0 unspecified atom stereocenters. The van der Waals surface area contributed by atoms with Crippen molar-refractivity contribution in [3.63, 3.8) is 0 Å². The fourth-order valence-corrected chi connectivity index (χ4v) is 4.11. The van der Waals surface area contributed by atoms with Crippen molar-refractivity contribution in [3.8, 4) is 0 Å². The molecule has 0 atom stereocenters. The highest BCUT2D eigenvalue weighted by Crippen LogP contribution is 2.30. The SMILES string of the molecule is CN(C)C1(CNC(=O)c2cnc3c(c2)c(=O)n(C)c(=O)n3C)CCCCCC1. The predicted molar refractivity (Wildman–Crippen MR) is 109 cm³/mol. The van der Waals surface area contributed by atoms with Gasteiger partial charge in [0.05, 0.1) is 10.9 Å². The van der Waals surface area contributed by atoms with E-state index in [9.17, 15) is 14.4 Å². The fraction of sp³-hybridized carbons (Fsp3) is 0.600.